The average molecular weight is 365 g/mol. The van der Waals surface area contributed by atoms with Crippen LogP contribution >= 0.6 is 0 Å². The highest BCUT2D eigenvalue weighted by atomic mass is 19.1. The zero-order valence-electron chi connectivity index (χ0n) is 15.1. The molecule has 1 amide bonds. The van der Waals surface area contributed by atoms with E-state index in [9.17, 15) is 18.8 Å². The van der Waals surface area contributed by atoms with Gasteiger partial charge in [0, 0.05) is 18.5 Å². The monoisotopic (exact) mass is 365 g/mol. The second-order valence-electron chi connectivity index (χ2n) is 6.32. The van der Waals surface area contributed by atoms with Crippen LogP contribution in [0, 0.1) is 11.7 Å². The van der Waals surface area contributed by atoms with Crippen molar-refractivity contribution in [2.75, 3.05) is 20.3 Å². The van der Waals surface area contributed by atoms with Crippen LogP contribution in [-0.4, -0.2) is 49.0 Å². The first-order valence-corrected chi connectivity index (χ1v) is 8.72. The highest BCUT2D eigenvalue weighted by molar-refractivity contribution is 5.96. The van der Waals surface area contributed by atoms with Gasteiger partial charge in [0.15, 0.2) is 0 Å². The Kier molecular flexibility index (Phi) is 7.12. The number of nitrogens with zero attached hydrogens (tertiary/aromatic N) is 1. The number of methoxy groups -OCH3 is 1. The Morgan fingerprint density at radius 3 is 2.54 bits per heavy atom. The predicted molar refractivity (Wildman–Crippen MR) is 92.0 cm³/mol. The van der Waals surface area contributed by atoms with Gasteiger partial charge < -0.3 is 14.4 Å². The first-order valence-electron chi connectivity index (χ1n) is 8.72. The van der Waals surface area contributed by atoms with Gasteiger partial charge in [-0.3, -0.25) is 9.59 Å². The molecule has 142 valence electrons. The Labute approximate surface area is 152 Å². The van der Waals surface area contributed by atoms with E-state index < -0.39 is 12.1 Å². The van der Waals surface area contributed by atoms with Gasteiger partial charge in [-0.1, -0.05) is 12.1 Å². The van der Waals surface area contributed by atoms with Crippen LogP contribution < -0.4 is 0 Å². The molecule has 1 aromatic carbocycles. The van der Waals surface area contributed by atoms with E-state index >= 15 is 0 Å². The lowest BCUT2D eigenvalue weighted by Gasteiger charge is -2.38. The van der Waals surface area contributed by atoms with Crippen molar-refractivity contribution in [2.45, 2.75) is 38.6 Å². The fourth-order valence-electron chi connectivity index (χ4n) is 3.29. The summed E-state index contributed by atoms with van der Waals surface area (Å²) in [7, 11) is 1.31. The van der Waals surface area contributed by atoms with Gasteiger partial charge in [-0.2, -0.15) is 0 Å². The number of carbonyl (C=O) groups is 3. The van der Waals surface area contributed by atoms with E-state index in [0.29, 0.717) is 25.8 Å². The third-order valence-corrected chi connectivity index (χ3v) is 4.59. The Balaban J connectivity index is 2.08. The Hall–Kier alpha value is -2.44. The molecule has 0 saturated carbocycles. The summed E-state index contributed by atoms with van der Waals surface area (Å²) in [5.41, 5.74) is 0.865. The number of ether oxygens (including phenoxy) is 2. The number of piperidine rings is 1. The van der Waals surface area contributed by atoms with Crippen LogP contribution in [0.15, 0.2) is 24.3 Å². The molecule has 0 bridgehead atoms. The van der Waals surface area contributed by atoms with Crippen molar-refractivity contribution in [3.63, 3.8) is 0 Å². The molecule has 1 aliphatic heterocycles. The number of hydrogen-bond acceptors (Lipinski definition) is 5. The van der Waals surface area contributed by atoms with Gasteiger partial charge in [-0.25, -0.2) is 9.18 Å². The van der Waals surface area contributed by atoms with Crippen molar-refractivity contribution in [3.8, 4) is 0 Å². The van der Waals surface area contributed by atoms with Crippen LogP contribution in [0.1, 0.15) is 31.7 Å². The van der Waals surface area contributed by atoms with Gasteiger partial charge in [0.2, 0.25) is 0 Å². The van der Waals surface area contributed by atoms with Crippen molar-refractivity contribution >= 4 is 17.8 Å². The lowest BCUT2D eigenvalue weighted by molar-refractivity contribution is -0.146. The number of ketones is 1. The zero-order valence-corrected chi connectivity index (χ0v) is 15.1. The van der Waals surface area contributed by atoms with Crippen LogP contribution in [0.3, 0.4) is 0 Å². The highest BCUT2D eigenvalue weighted by Crippen LogP contribution is 2.28. The van der Waals surface area contributed by atoms with Crippen LogP contribution in [0.4, 0.5) is 9.18 Å². The van der Waals surface area contributed by atoms with E-state index in [1.165, 1.54) is 19.2 Å². The number of carbonyl (C=O) groups excluding carboxylic acids is 3. The molecule has 7 heteroatoms. The van der Waals surface area contributed by atoms with Crippen molar-refractivity contribution in [2.24, 2.45) is 5.92 Å². The minimum atomic E-state index is -0.525. The number of likely N-dealkylation sites (tertiary alicyclic amines) is 1. The summed E-state index contributed by atoms with van der Waals surface area (Å²) in [6.45, 7) is 2.30. The number of Topliss-reactive ketones (excluding diaryl/α,β-unsaturated/α-hetero) is 1. The van der Waals surface area contributed by atoms with Crippen molar-refractivity contribution in [3.05, 3.63) is 35.6 Å². The van der Waals surface area contributed by atoms with Crippen molar-refractivity contribution in [1.29, 1.82) is 0 Å². The largest absolute Gasteiger partial charge is 0.466 e. The molecule has 6 nitrogen and oxygen atoms in total. The summed E-state index contributed by atoms with van der Waals surface area (Å²) in [6, 6.07) is 5.80. The smallest absolute Gasteiger partial charge is 0.409 e. The molecule has 2 rings (SSSR count). The number of benzene rings is 1. The Morgan fingerprint density at radius 2 is 1.92 bits per heavy atom. The normalized spacial score (nSPS) is 19.7. The SMILES string of the molecule is CCOC(=O)CC(=O)[C@H]1CCN(C(=O)OC)[C@H](Cc2ccc(F)cc2)C1. The van der Waals surface area contributed by atoms with Crippen molar-refractivity contribution in [1.82, 2.24) is 4.90 Å². The number of halogens is 1. The average Bonchev–Trinajstić information content (AvgIpc) is 2.63. The van der Waals surface area contributed by atoms with Crippen LogP contribution in [0.25, 0.3) is 0 Å². The third-order valence-electron chi connectivity index (χ3n) is 4.59. The molecule has 0 radical (unpaired) electrons. The summed E-state index contributed by atoms with van der Waals surface area (Å²) in [6.07, 6.45) is 0.699. The molecule has 1 fully saturated rings. The Morgan fingerprint density at radius 1 is 1.23 bits per heavy atom. The fraction of sp³-hybridized carbons (Fsp3) is 0.526. The molecule has 0 N–H and O–H groups in total. The zero-order chi connectivity index (χ0) is 19.1. The van der Waals surface area contributed by atoms with Crippen LogP contribution in [-0.2, 0) is 25.5 Å². The molecule has 0 unspecified atom stereocenters. The van der Waals surface area contributed by atoms with E-state index in [2.05, 4.69) is 0 Å². The molecule has 1 saturated heterocycles. The minimum absolute atomic E-state index is 0.169. The van der Waals surface area contributed by atoms with E-state index in [4.69, 9.17) is 9.47 Å². The maximum absolute atomic E-state index is 13.1. The molecule has 1 aromatic rings. The number of hydrogen-bond donors (Lipinski definition) is 0. The molecule has 0 aliphatic carbocycles. The van der Waals surface area contributed by atoms with Crippen LogP contribution in [0.5, 0.6) is 0 Å². The number of esters is 1. The van der Waals surface area contributed by atoms with Gasteiger partial charge in [-0.05, 0) is 43.9 Å². The van der Waals surface area contributed by atoms with Gasteiger partial charge in [0.25, 0.3) is 0 Å². The summed E-state index contributed by atoms with van der Waals surface area (Å²) in [4.78, 5) is 37.6. The Bertz CT molecular complexity index is 646. The molecule has 26 heavy (non-hydrogen) atoms. The number of amides is 1. The molecule has 0 spiro atoms. The molecule has 1 heterocycles. The molecular weight excluding hydrogens is 341 g/mol. The first-order chi connectivity index (χ1) is 12.4. The second kappa shape index (κ2) is 9.31. The molecule has 0 aromatic heterocycles. The van der Waals surface area contributed by atoms with Crippen LogP contribution in [0.2, 0.25) is 0 Å². The summed E-state index contributed by atoms with van der Waals surface area (Å²) in [5.74, 6) is -1.34. The highest BCUT2D eigenvalue weighted by Gasteiger charge is 2.35. The first kappa shape index (κ1) is 19.9. The summed E-state index contributed by atoms with van der Waals surface area (Å²) in [5, 5.41) is 0. The summed E-state index contributed by atoms with van der Waals surface area (Å²) < 4.78 is 22.8. The molecular formula is C19H24FNO5. The van der Waals surface area contributed by atoms with E-state index in [1.807, 2.05) is 0 Å². The topological polar surface area (TPSA) is 72.9 Å². The third kappa shape index (κ3) is 5.28. The maximum Gasteiger partial charge on any atom is 0.409 e. The standard InChI is InChI=1S/C19H24FNO5/c1-3-26-18(23)12-17(22)14-8-9-21(19(24)25-2)16(11-14)10-13-4-6-15(20)7-5-13/h4-7,14,16H,3,8-12H2,1-2H3/t14-,16+/m0/s1. The lowest BCUT2D eigenvalue weighted by Crippen LogP contribution is -2.48. The summed E-state index contributed by atoms with van der Waals surface area (Å²) >= 11 is 0. The van der Waals surface area contributed by atoms with E-state index in [1.54, 1.807) is 24.0 Å². The van der Waals surface area contributed by atoms with Gasteiger partial charge in [0.05, 0.1) is 13.7 Å². The van der Waals surface area contributed by atoms with Gasteiger partial charge in [0.1, 0.15) is 18.0 Å². The van der Waals surface area contributed by atoms with E-state index in [0.717, 1.165) is 5.56 Å². The maximum atomic E-state index is 13.1. The van der Waals surface area contributed by atoms with Crippen molar-refractivity contribution < 1.29 is 28.2 Å². The molecule has 1 aliphatic rings. The van der Waals surface area contributed by atoms with E-state index in [-0.39, 0.29) is 36.6 Å². The second-order valence-corrected chi connectivity index (χ2v) is 6.32. The fourth-order valence-corrected chi connectivity index (χ4v) is 3.29. The quantitative estimate of drug-likeness (QED) is 0.572. The van der Waals surface area contributed by atoms with Gasteiger partial charge >= 0.3 is 12.1 Å². The van der Waals surface area contributed by atoms with Gasteiger partial charge in [-0.15, -0.1) is 0 Å². The lowest BCUT2D eigenvalue weighted by atomic mass is 9.84. The molecule has 2 atom stereocenters. The predicted octanol–water partition coefficient (Wildman–Crippen LogP) is 2.74. The minimum Gasteiger partial charge on any atom is -0.466 e. The number of rotatable bonds is 6.